The van der Waals surface area contributed by atoms with E-state index >= 15 is 0 Å². The maximum atomic E-state index is 13.0. The van der Waals surface area contributed by atoms with E-state index < -0.39 is 5.54 Å². The Hall–Kier alpha value is -1.83. The van der Waals surface area contributed by atoms with Crippen LogP contribution in [0.3, 0.4) is 0 Å². The molecule has 2 heterocycles. The average Bonchev–Trinajstić information content (AvgIpc) is 2.83. The molecule has 140 valence electrons. The number of imide groups is 1. The number of rotatable bonds is 3. The van der Waals surface area contributed by atoms with Gasteiger partial charge in [0, 0.05) is 26.2 Å². The summed E-state index contributed by atoms with van der Waals surface area (Å²) in [7, 11) is 0. The summed E-state index contributed by atoms with van der Waals surface area (Å²) in [5.74, 6) is 0.0842. The maximum Gasteiger partial charge on any atom is 0.409 e. The minimum absolute atomic E-state index is 0.0856. The van der Waals surface area contributed by atoms with Gasteiger partial charge in [-0.3, -0.25) is 9.69 Å². The summed E-state index contributed by atoms with van der Waals surface area (Å²) in [6, 6.07) is -0.286. The molecular formula is C17H28N4O4. The van der Waals surface area contributed by atoms with Crippen molar-refractivity contribution in [1.29, 1.82) is 0 Å². The molecule has 25 heavy (non-hydrogen) atoms. The number of nitrogens with zero attached hydrogens (tertiary/aromatic N) is 3. The van der Waals surface area contributed by atoms with Crippen LogP contribution in [-0.2, 0) is 9.53 Å². The van der Waals surface area contributed by atoms with Crippen molar-refractivity contribution in [1.82, 2.24) is 20.0 Å². The lowest BCUT2D eigenvalue weighted by atomic mass is 9.73. The molecule has 3 rings (SSSR count). The molecule has 1 saturated carbocycles. The van der Waals surface area contributed by atoms with Gasteiger partial charge in [0.15, 0.2) is 0 Å². The molecule has 4 amide bonds. The number of hydrogen-bond acceptors (Lipinski definition) is 5. The van der Waals surface area contributed by atoms with Crippen LogP contribution >= 0.6 is 0 Å². The van der Waals surface area contributed by atoms with Crippen LogP contribution < -0.4 is 5.32 Å². The third kappa shape index (κ3) is 3.31. The summed E-state index contributed by atoms with van der Waals surface area (Å²) >= 11 is 0. The van der Waals surface area contributed by atoms with Crippen LogP contribution in [-0.4, -0.2) is 77.7 Å². The van der Waals surface area contributed by atoms with Crippen molar-refractivity contribution in [2.24, 2.45) is 5.92 Å². The van der Waals surface area contributed by atoms with Crippen molar-refractivity contribution in [2.45, 2.75) is 45.1 Å². The van der Waals surface area contributed by atoms with E-state index in [1.54, 1.807) is 11.8 Å². The maximum absolute atomic E-state index is 13.0. The van der Waals surface area contributed by atoms with Crippen molar-refractivity contribution in [3.8, 4) is 0 Å². The molecule has 1 aliphatic carbocycles. The Balaban J connectivity index is 1.58. The second-order valence-electron chi connectivity index (χ2n) is 7.23. The number of nitrogens with one attached hydrogen (secondary N) is 1. The van der Waals surface area contributed by atoms with E-state index in [1.165, 1.54) is 4.90 Å². The Bertz CT molecular complexity index is 547. The van der Waals surface area contributed by atoms with Crippen LogP contribution in [0, 0.1) is 5.92 Å². The van der Waals surface area contributed by atoms with Crippen LogP contribution in [0.2, 0.25) is 0 Å². The van der Waals surface area contributed by atoms with Gasteiger partial charge in [-0.15, -0.1) is 0 Å². The van der Waals surface area contributed by atoms with E-state index in [4.69, 9.17) is 4.74 Å². The molecule has 0 bridgehead atoms. The zero-order valence-corrected chi connectivity index (χ0v) is 15.1. The highest BCUT2D eigenvalue weighted by Crippen LogP contribution is 2.38. The smallest absolute Gasteiger partial charge is 0.409 e. The molecule has 8 nitrogen and oxygen atoms in total. The van der Waals surface area contributed by atoms with Gasteiger partial charge in [0.25, 0.3) is 5.91 Å². The molecule has 2 aliphatic heterocycles. The lowest BCUT2D eigenvalue weighted by molar-refractivity contribution is -0.136. The van der Waals surface area contributed by atoms with Crippen molar-refractivity contribution in [3.05, 3.63) is 0 Å². The molecule has 3 fully saturated rings. The monoisotopic (exact) mass is 352 g/mol. The highest BCUT2D eigenvalue weighted by atomic mass is 16.6. The Morgan fingerprint density at radius 1 is 1.24 bits per heavy atom. The summed E-state index contributed by atoms with van der Waals surface area (Å²) in [4.78, 5) is 42.2. The Morgan fingerprint density at radius 3 is 2.60 bits per heavy atom. The van der Waals surface area contributed by atoms with E-state index in [1.807, 2.05) is 4.90 Å². The number of piperazine rings is 1. The fourth-order valence-electron chi connectivity index (χ4n) is 4.11. The summed E-state index contributed by atoms with van der Waals surface area (Å²) in [6.07, 6.45) is 3.49. The van der Waals surface area contributed by atoms with E-state index in [-0.39, 0.29) is 30.6 Å². The first-order chi connectivity index (χ1) is 12.0. The van der Waals surface area contributed by atoms with E-state index in [2.05, 4.69) is 12.2 Å². The predicted molar refractivity (Wildman–Crippen MR) is 90.8 cm³/mol. The zero-order valence-electron chi connectivity index (χ0n) is 15.1. The Labute approximate surface area is 148 Å². The fourth-order valence-corrected chi connectivity index (χ4v) is 4.11. The molecule has 8 heteroatoms. The first-order valence-electron chi connectivity index (χ1n) is 9.26. The summed E-state index contributed by atoms with van der Waals surface area (Å²) in [5, 5.41) is 2.98. The van der Waals surface area contributed by atoms with Gasteiger partial charge in [0.1, 0.15) is 5.54 Å². The predicted octanol–water partition coefficient (Wildman–Crippen LogP) is 1.22. The van der Waals surface area contributed by atoms with Gasteiger partial charge in [-0.25, -0.2) is 14.5 Å². The summed E-state index contributed by atoms with van der Waals surface area (Å²) in [5.41, 5.74) is -0.706. The number of amides is 4. The standard InChI is InChI=1S/C17H28N4O4/c1-3-25-16(24)20-10-8-19(9-11-20)12-21-14(22)17(18-15(21)23)7-5-4-6-13(17)2/h13H,3-12H2,1-2H3,(H,18,23). The average molecular weight is 352 g/mol. The minimum atomic E-state index is -0.706. The quantitative estimate of drug-likeness (QED) is 0.772. The third-order valence-electron chi connectivity index (χ3n) is 5.74. The van der Waals surface area contributed by atoms with Crippen molar-refractivity contribution >= 4 is 18.0 Å². The normalized spacial score (nSPS) is 30.7. The molecule has 2 saturated heterocycles. The van der Waals surface area contributed by atoms with Gasteiger partial charge in [-0.1, -0.05) is 19.8 Å². The van der Waals surface area contributed by atoms with E-state index in [0.29, 0.717) is 32.8 Å². The van der Waals surface area contributed by atoms with Crippen LogP contribution in [0.4, 0.5) is 9.59 Å². The SMILES string of the molecule is CCOC(=O)N1CCN(CN2C(=O)NC3(CCCCC3C)C2=O)CC1. The molecule has 2 atom stereocenters. The Morgan fingerprint density at radius 2 is 1.96 bits per heavy atom. The fraction of sp³-hybridized carbons (Fsp3) is 0.824. The van der Waals surface area contributed by atoms with E-state index in [9.17, 15) is 14.4 Å². The topological polar surface area (TPSA) is 82.2 Å². The van der Waals surface area contributed by atoms with Crippen molar-refractivity contribution in [3.63, 3.8) is 0 Å². The number of carbonyl (C=O) groups excluding carboxylic acids is 3. The molecule has 1 N–H and O–H groups in total. The highest BCUT2D eigenvalue weighted by molar-refractivity contribution is 6.07. The Kier molecular flexibility index (Phi) is 5.17. The van der Waals surface area contributed by atoms with Gasteiger partial charge in [-0.05, 0) is 25.7 Å². The number of carbonyl (C=O) groups is 3. The first-order valence-corrected chi connectivity index (χ1v) is 9.26. The van der Waals surface area contributed by atoms with Crippen LogP contribution in [0.15, 0.2) is 0 Å². The highest BCUT2D eigenvalue weighted by Gasteiger charge is 2.55. The van der Waals surface area contributed by atoms with Crippen LogP contribution in [0.25, 0.3) is 0 Å². The summed E-state index contributed by atoms with van der Waals surface area (Å²) < 4.78 is 5.01. The van der Waals surface area contributed by atoms with Gasteiger partial charge in [-0.2, -0.15) is 0 Å². The second kappa shape index (κ2) is 7.19. The van der Waals surface area contributed by atoms with Crippen LogP contribution in [0.5, 0.6) is 0 Å². The number of hydrogen-bond donors (Lipinski definition) is 1. The molecular weight excluding hydrogens is 324 g/mol. The largest absolute Gasteiger partial charge is 0.450 e. The lowest BCUT2D eigenvalue weighted by Crippen LogP contribution is -2.55. The molecule has 1 spiro atoms. The molecule has 0 radical (unpaired) electrons. The van der Waals surface area contributed by atoms with Gasteiger partial charge in [0.2, 0.25) is 0 Å². The zero-order chi connectivity index (χ0) is 18.0. The van der Waals surface area contributed by atoms with E-state index in [0.717, 1.165) is 25.7 Å². The van der Waals surface area contributed by atoms with Crippen molar-refractivity contribution in [2.75, 3.05) is 39.5 Å². The molecule has 0 aromatic rings. The van der Waals surface area contributed by atoms with Gasteiger partial charge >= 0.3 is 12.1 Å². The minimum Gasteiger partial charge on any atom is -0.450 e. The number of ether oxygens (including phenoxy) is 1. The van der Waals surface area contributed by atoms with Crippen LogP contribution in [0.1, 0.15) is 39.5 Å². The third-order valence-corrected chi connectivity index (χ3v) is 5.74. The number of urea groups is 1. The van der Waals surface area contributed by atoms with Gasteiger partial charge in [0.05, 0.1) is 13.3 Å². The molecule has 0 aromatic heterocycles. The van der Waals surface area contributed by atoms with Gasteiger partial charge < -0.3 is 15.0 Å². The first kappa shape index (κ1) is 18.0. The lowest BCUT2D eigenvalue weighted by Gasteiger charge is -2.38. The molecule has 3 aliphatic rings. The summed E-state index contributed by atoms with van der Waals surface area (Å²) in [6.45, 7) is 6.83. The molecule has 2 unspecified atom stereocenters. The molecule has 0 aromatic carbocycles. The van der Waals surface area contributed by atoms with Crippen molar-refractivity contribution < 1.29 is 19.1 Å². The second-order valence-corrected chi connectivity index (χ2v) is 7.23.